The zero-order valence-corrected chi connectivity index (χ0v) is 12.2. The second-order valence-electron chi connectivity index (χ2n) is 5.15. The highest BCUT2D eigenvalue weighted by Crippen LogP contribution is 2.37. The van der Waals surface area contributed by atoms with Gasteiger partial charge in [0.05, 0.1) is 6.04 Å². The van der Waals surface area contributed by atoms with E-state index in [-0.39, 0.29) is 30.0 Å². The fraction of sp³-hybridized carbons (Fsp3) is 0.462. The van der Waals surface area contributed by atoms with E-state index in [0.29, 0.717) is 6.61 Å². The van der Waals surface area contributed by atoms with Crippen LogP contribution in [0.1, 0.15) is 31.0 Å². The molecule has 1 heterocycles. The molecule has 0 saturated carbocycles. The van der Waals surface area contributed by atoms with Gasteiger partial charge in [-0.3, -0.25) is 0 Å². The maximum Gasteiger partial charge on any atom is 0.407 e. The molecule has 1 amide bonds. The molecule has 5 heteroatoms. The summed E-state index contributed by atoms with van der Waals surface area (Å²) in [6.45, 7) is 6.49. The van der Waals surface area contributed by atoms with Gasteiger partial charge in [-0.1, -0.05) is 37.6 Å². The van der Waals surface area contributed by atoms with Crippen LogP contribution in [0.2, 0.25) is 5.02 Å². The predicted molar refractivity (Wildman–Crippen MR) is 74.4 cm³/mol. The SMILES string of the molecule is Cc1ccc([C@@H]2NC(=O)OCC2(C)C)cc1Cl.Cl. The van der Waals surface area contributed by atoms with E-state index < -0.39 is 0 Å². The Labute approximate surface area is 118 Å². The maximum atomic E-state index is 11.3. The highest BCUT2D eigenvalue weighted by molar-refractivity contribution is 6.31. The fourth-order valence-electron chi connectivity index (χ4n) is 2.01. The number of ether oxygens (including phenoxy) is 1. The first-order valence-electron chi connectivity index (χ1n) is 5.59. The largest absolute Gasteiger partial charge is 0.449 e. The Morgan fingerprint density at radius 3 is 2.72 bits per heavy atom. The van der Waals surface area contributed by atoms with Crippen LogP contribution in [0.3, 0.4) is 0 Å². The van der Waals surface area contributed by atoms with Crippen molar-refractivity contribution in [2.45, 2.75) is 26.8 Å². The molecule has 1 aromatic carbocycles. The van der Waals surface area contributed by atoms with Crippen LogP contribution in [0.4, 0.5) is 4.79 Å². The summed E-state index contributed by atoms with van der Waals surface area (Å²) >= 11 is 6.12. The van der Waals surface area contributed by atoms with E-state index in [1.165, 1.54) is 0 Å². The van der Waals surface area contributed by atoms with Crippen molar-refractivity contribution in [3.8, 4) is 0 Å². The lowest BCUT2D eigenvalue weighted by Gasteiger charge is -2.38. The summed E-state index contributed by atoms with van der Waals surface area (Å²) in [6.07, 6.45) is -0.369. The van der Waals surface area contributed by atoms with E-state index in [9.17, 15) is 4.79 Å². The van der Waals surface area contributed by atoms with Gasteiger partial charge in [0.2, 0.25) is 0 Å². The van der Waals surface area contributed by atoms with Gasteiger partial charge in [0.1, 0.15) is 6.61 Å². The molecule has 0 spiro atoms. The summed E-state index contributed by atoms with van der Waals surface area (Å²) in [6, 6.07) is 5.81. The molecule has 1 saturated heterocycles. The maximum absolute atomic E-state index is 11.3. The van der Waals surface area contributed by atoms with Gasteiger partial charge in [0.15, 0.2) is 0 Å². The zero-order chi connectivity index (χ0) is 12.6. The third-order valence-electron chi connectivity index (χ3n) is 3.15. The minimum Gasteiger partial charge on any atom is -0.449 e. The number of aryl methyl sites for hydroxylation is 1. The van der Waals surface area contributed by atoms with Gasteiger partial charge in [-0.2, -0.15) is 0 Å². The molecule has 2 rings (SSSR count). The molecule has 3 nitrogen and oxygen atoms in total. The van der Waals surface area contributed by atoms with Crippen LogP contribution in [0.25, 0.3) is 0 Å². The van der Waals surface area contributed by atoms with Gasteiger partial charge in [0.25, 0.3) is 0 Å². The number of rotatable bonds is 1. The molecule has 1 aliphatic heterocycles. The number of benzene rings is 1. The molecule has 0 radical (unpaired) electrons. The standard InChI is InChI=1S/C13H16ClNO2.ClH/c1-8-4-5-9(6-10(8)14)11-13(2,3)7-17-12(16)15-11;/h4-6,11H,7H2,1-3H3,(H,15,16);1H/t11-;/m0./s1. The molecule has 1 atom stereocenters. The minimum atomic E-state index is -0.369. The van der Waals surface area contributed by atoms with Crippen molar-refractivity contribution in [2.75, 3.05) is 6.61 Å². The van der Waals surface area contributed by atoms with E-state index >= 15 is 0 Å². The summed E-state index contributed by atoms with van der Waals surface area (Å²) in [7, 11) is 0. The molecule has 1 aromatic rings. The van der Waals surface area contributed by atoms with Crippen LogP contribution in [0, 0.1) is 12.3 Å². The Morgan fingerprint density at radius 2 is 2.11 bits per heavy atom. The first-order valence-corrected chi connectivity index (χ1v) is 5.97. The Bertz CT molecular complexity index is 460. The van der Waals surface area contributed by atoms with Gasteiger partial charge in [-0.25, -0.2) is 4.79 Å². The lowest BCUT2D eigenvalue weighted by atomic mass is 9.80. The van der Waals surface area contributed by atoms with Crippen LogP contribution in [-0.2, 0) is 4.74 Å². The van der Waals surface area contributed by atoms with Crippen molar-refractivity contribution in [3.63, 3.8) is 0 Å². The van der Waals surface area contributed by atoms with E-state index in [0.717, 1.165) is 16.1 Å². The average molecular weight is 290 g/mol. The Balaban J connectivity index is 0.00000162. The molecule has 1 aliphatic rings. The molecule has 18 heavy (non-hydrogen) atoms. The highest BCUT2D eigenvalue weighted by atomic mass is 35.5. The van der Waals surface area contributed by atoms with Crippen LogP contribution in [0.15, 0.2) is 18.2 Å². The number of halogens is 2. The smallest absolute Gasteiger partial charge is 0.407 e. The molecule has 0 unspecified atom stereocenters. The van der Waals surface area contributed by atoms with Crippen molar-refractivity contribution in [1.82, 2.24) is 5.32 Å². The van der Waals surface area contributed by atoms with Gasteiger partial charge < -0.3 is 10.1 Å². The quantitative estimate of drug-likeness (QED) is 0.852. The molecule has 100 valence electrons. The number of nitrogens with one attached hydrogen (secondary N) is 1. The van der Waals surface area contributed by atoms with E-state index in [4.69, 9.17) is 16.3 Å². The van der Waals surface area contributed by atoms with Gasteiger partial charge in [-0.15, -0.1) is 12.4 Å². The third-order valence-corrected chi connectivity index (χ3v) is 3.56. The van der Waals surface area contributed by atoms with E-state index in [1.807, 2.05) is 25.1 Å². The minimum absolute atomic E-state index is 0. The van der Waals surface area contributed by atoms with Gasteiger partial charge in [0, 0.05) is 10.4 Å². The Kier molecular flexibility index (Phi) is 4.51. The number of amides is 1. The first-order chi connectivity index (χ1) is 7.90. The Hall–Kier alpha value is -0.930. The van der Waals surface area contributed by atoms with Crippen LogP contribution in [-0.4, -0.2) is 12.7 Å². The number of hydrogen-bond acceptors (Lipinski definition) is 2. The van der Waals surface area contributed by atoms with Crippen molar-refractivity contribution in [2.24, 2.45) is 5.41 Å². The van der Waals surface area contributed by atoms with Crippen molar-refractivity contribution in [1.29, 1.82) is 0 Å². The first kappa shape index (κ1) is 15.1. The normalized spacial score (nSPS) is 21.6. The number of cyclic esters (lactones) is 1. The summed E-state index contributed by atoms with van der Waals surface area (Å²) in [5, 5.41) is 3.57. The van der Waals surface area contributed by atoms with E-state index in [1.54, 1.807) is 0 Å². The summed E-state index contributed by atoms with van der Waals surface area (Å²) < 4.78 is 5.02. The average Bonchev–Trinajstić information content (AvgIpc) is 2.26. The second-order valence-corrected chi connectivity index (χ2v) is 5.56. The van der Waals surface area contributed by atoms with Crippen LogP contribution < -0.4 is 5.32 Å². The summed E-state index contributed by atoms with van der Waals surface area (Å²) in [4.78, 5) is 11.3. The molecular weight excluding hydrogens is 273 g/mol. The monoisotopic (exact) mass is 289 g/mol. The van der Waals surface area contributed by atoms with Crippen molar-refractivity contribution < 1.29 is 9.53 Å². The predicted octanol–water partition coefficient (Wildman–Crippen LogP) is 3.88. The van der Waals surface area contributed by atoms with Crippen molar-refractivity contribution >= 4 is 30.1 Å². The number of carbonyl (C=O) groups excluding carboxylic acids is 1. The number of carbonyl (C=O) groups is 1. The van der Waals surface area contributed by atoms with Crippen molar-refractivity contribution in [3.05, 3.63) is 34.3 Å². The third kappa shape index (κ3) is 2.90. The van der Waals surface area contributed by atoms with Crippen LogP contribution >= 0.6 is 24.0 Å². The lowest BCUT2D eigenvalue weighted by molar-refractivity contribution is 0.0387. The highest BCUT2D eigenvalue weighted by Gasteiger charge is 2.37. The number of alkyl carbamates (subject to hydrolysis) is 1. The van der Waals surface area contributed by atoms with Crippen LogP contribution in [0.5, 0.6) is 0 Å². The summed E-state index contributed by atoms with van der Waals surface area (Å²) in [5.74, 6) is 0. The summed E-state index contributed by atoms with van der Waals surface area (Å²) in [5.41, 5.74) is 1.90. The fourth-order valence-corrected chi connectivity index (χ4v) is 2.20. The molecule has 0 aliphatic carbocycles. The van der Waals surface area contributed by atoms with Gasteiger partial charge in [-0.05, 0) is 24.1 Å². The zero-order valence-electron chi connectivity index (χ0n) is 10.6. The molecule has 0 aromatic heterocycles. The number of hydrogen-bond donors (Lipinski definition) is 1. The van der Waals surface area contributed by atoms with E-state index in [2.05, 4.69) is 19.2 Å². The molecule has 0 bridgehead atoms. The molecule has 1 fully saturated rings. The topological polar surface area (TPSA) is 38.3 Å². The molecule has 1 N–H and O–H groups in total. The van der Waals surface area contributed by atoms with Gasteiger partial charge >= 0.3 is 6.09 Å². The Morgan fingerprint density at radius 1 is 1.44 bits per heavy atom. The molecular formula is C13H17Cl2NO2. The second kappa shape index (κ2) is 5.37. The lowest BCUT2D eigenvalue weighted by Crippen LogP contribution is -2.46.